The first-order valence-corrected chi connectivity index (χ1v) is 17.8. The molecule has 0 aliphatic heterocycles. The number of carboxylic acids is 1. The van der Waals surface area contributed by atoms with Crippen LogP contribution in [0.15, 0.2) is 27.8 Å². The minimum Gasteiger partial charge on any atom is -0.497 e. The third kappa shape index (κ3) is 4.41. The maximum atomic E-state index is 13.0. The zero-order valence-electron chi connectivity index (χ0n) is 27.9. The quantitative estimate of drug-likeness (QED) is 0.310. The van der Waals surface area contributed by atoms with Crippen molar-refractivity contribution in [3.8, 4) is 5.75 Å². The first-order chi connectivity index (χ1) is 20.1. The maximum absolute atomic E-state index is 13.0. The van der Waals surface area contributed by atoms with E-state index in [-0.39, 0.29) is 21.7 Å². The molecule has 9 atom stereocenters. The molecule has 1 aromatic carbocycles. The predicted molar refractivity (Wildman–Crippen MR) is 178 cm³/mol. The molecule has 2 N–H and O–H groups in total. The summed E-state index contributed by atoms with van der Waals surface area (Å²) < 4.78 is 6.44. The number of hydrogen-bond acceptors (Lipinski definition) is 4. The molecule has 0 bridgehead atoms. The Hall–Kier alpha value is -1.56. The molecule has 238 valence electrons. The molecule has 2 unspecified atom stereocenters. The fraction of sp³-hybridized carbons (Fsp3) is 0.784. The lowest BCUT2D eigenvalue weighted by molar-refractivity contribution is -0.232. The normalized spacial score (nSPS) is 44.2. The minimum absolute atomic E-state index is 0.00833. The van der Waals surface area contributed by atoms with Gasteiger partial charge in [-0.3, -0.25) is 10.2 Å². The number of carboxylic acid groups (broad SMARTS) is 1. The molecular weight excluding hydrogens is 600 g/mol. The second kappa shape index (κ2) is 10.5. The number of hydrazone groups is 1. The van der Waals surface area contributed by atoms with Crippen LogP contribution in [0.5, 0.6) is 5.75 Å². The average Bonchev–Trinajstić information content (AvgIpc) is 3.34. The van der Waals surface area contributed by atoms with Gasteiger partial charge in [-0.2, -0.15) is 5.10 Å². The Morgan fingerprint density at radius 3 is 2.37 bits per heavy atom. The molecule has 6 rings (SSSR count). The molecule has 0 spiro atoms. The number of rotatable bonds is 5. The van der Waals surface area contributed by atoms with Crippen LogP contribution in [0.25, 0.3) is 0 Å². The first-order valence-electron chi connectivity index (χ1n) is 17.0. The van der Waals surface area contributed by atoms with Gasteiger partial charge < -0.3 is 9.84 Å². The van der Waals surface area contributed by atoms with Crippen LogP contribution in [-0.2, 0) is 4.79 Å². The lowest BCUT2D eigenvalue weighted by Crippen LogP contribution is -2.66. The molecule has 0 saturated heterocycles. The Labute approximate surface area is 268 Å². The number of hydrogen-bond donors (Lipinski definition) is 2. The number of ether oxygens (including phenoxy) is 1. The second-order valence-electron chi connectivity index (χ2n) is 16.9. The second-order valence-corrected chi connectivity index (χ2v) is 17.8. The van der Waals surface area contributed by atoms with Crippen molar-refractivity contribution in [2.75, 3.05) is 12.5 Å². The van der Waals surface area contributed by atoms with Crippen molar-refractivity contribution in [3.63, 3.8) is 0 Å². The fourth-order valence-electron chi connectivity index (χ4n) is 12.7. The van der Waals surface area contributed by atoms with Crippen LogP contribution in [-0.4, -0.2) is 23.9 Å². The molecule has 1 aromatic rings. The third-order valence-corrected chi connectivity index (χ3v) is 15.4. The zero-order valence-corrected chi connectivity index (χ0v) is 29.4. The van der Waals surface area contributed by atoms with Crippen molar-refractivity contribution < 1.29 is 14.6 Å². The van der Waals surface area contributed by atoms with Crippen LogP contribution in [0, 0.1) is 62.6 Å². The number of benzene rings is 1. The van der Waals surface area contributed by atoms with Gasteiger partial charge in [0, 0.05) is 21.7 Å². The van der Waals surface area contributed by atoms with Crippen LogP contribution >= 0.6 is 15.9 Å². The smallest absolute Gasteiger partial charge is 0.309 e. The van der Waals surface area contributed by atoms with E-state index in [4.69, 9.17) is 9.84 Å². The molecule has 0 radical (unpaired) electrons. The van der Waals surface area contributed by atoms with Gasteiger partial charge in [-0.05, 0) is 128 Å². The van der Waals surface area contributed by atoms with Crippen LogP contribution in [0.4, 0.5) is 5.69 Å². The summed E-state index contributed by atoms with van der Waals surface area (Å²) in [5, 5.41) is 15.7. The summed E-state index contributed by atoms with van der Waals surface area (Å²) >= 11 is 3.60. The van der Waals surface area contributed by atoms with Crippen molar-refractivity contribution >= 4 is 33.3 Å². The van der Waals surface area contributed by atoms with Gasteiger partial charge in [0.05, 0.1) is 18.2 Å². The Morgan fingerprint density at radius 2 is 1.70 bits per heavy atom. The van der Waals surface area contributed by atoms with Crippen LogP contribution in [0.3, 0.4) is 0 Å². The van der Waals surface area contributed by atoms with Crippen molar-refractivity contribution in [3.05, 3.63) is 22.7 Å². The first kappa shape index (κ1) is 31.4. The Bertz CT molecular complexity index is 1310. The zero-order chi connectivity index (χ0) is 31.2. The largest absolute Gasteiger partial charge is 0.497 e. The van der Waals surface area contributed by atoms with E-state index >= 15 is 0 Å². The summed E-state index contributed by atoms with van der Waals surface area (Å²) in [4.78, 5) is 13.0. The molecule has 0 heterocycles. The molecule has 5 saturated carbocycles. The standard InChI is InChI=1S/C37H55BrN2O3/c1-22(2)26-11-16-37(32(41)42)18-17-35(6)27(31(26)37)9-10-29-34(5)14-13-30(33(3,4)28(34)12-15-36(29,35)7)40-39-24-19-23(38)20-25(21-24)43-8/h19-22,26-29,31,39H,9-18H2,1-8H3,(H,41,42)/b40-30+/t26-,27?,28-,29+,31+,34-,35+,36+,37?/m0/s1. The van der Waals surface area contributed by atoms with E-state index in [0.717, 1.165) is 48.0 Å². The van der Waals surface area contributed by atoms with Crippen molar-refractivity contribution in [1.29, 1.82) is 0 Å². The van der Waals surface area contributed by atoms with Gasteiger partial charge in [-0.1, -0.05) is 64.4 Å². The van der Waals surface area contributed by atoms with Gasteiger partial charge in [0.25, 0.3) is 0 Å². The molecule has 5 fully saturated rings. The summed E-state index contributed by atoms with van der Waals surface area (Å²) in [5.74, 6) is 3.50. The molecule has 43 heavy (non-hydrogen) atoms. The summed E-state index contributed by atoms with van der Waals surface area (Å²) in [6.07, 6.45) is 11.1. The summed E-state index contributed by atoms with van der Waals surface area (Å²) in [7, 11) is 1.69. The average molecular weight is 656 g/mol. The number of nitrogens with one attached hydrogen (secondary N) is 1. The minimum atomic E-state index is -0.499. The lowest BCUT2D eigenvalue weighted by atomic mass is 9.32. The molecule has 0 aromatic heterocycles. The fourth-order valence-corrected chi connectivity index (χ4v) is 13.1. The molecule has 5 aliphatic rings. The van der Waals surface area contributed by atoms with E-state index < -0.39 is 11.4 Å². The maximum Gasteiger partial charge on any atom is 0.309 e. The topological polar surface area (TPSA) is 70.9 Å². The SMILES string of the molecule is COc1cc(Br)cc(N/N=C2\CC[C@]3(C)[C@H]4CCC5[C@H]6[C@H](C(C)C)CCC6(C(=O)O)CC[C@@]5(C)[C@]4(C)CC[C@H]3C2(C)C)c1. The number of aliphatic carboxylic acids is 1. The molecule has 5 aliphatic carbocycles. The van der Waals surface area contributed by atoms with Crippen LogP contribution in [0.1, 0.15) is 113 Å². The summed E-state index contributed by atoms with van der Waals surface area (Å²) in [6, 6.07) is 6.01. The number of nitrogens with zero attached hydrogens (tertiary/aromatic N) is 1. The number of fused-ring (bicyclic) bond motifs is 7. The van der Waals surface area contributed by atoms with Gasteiger partial charge in [-0.25, -0.2) is 0 Å². The highest BCUT2D eigenvalue weighted by Gasteiger charge is 2.72. The highest BCUT2D eigenvalue weighted by Crippen LogP contribution is 2.77. The monoisotopic (exact) mass is 654 g/mol. The number of anilines is 1. The Kier molecular flexibility index (Phi) is 7.67. The highest BCUT2D eigenvalue weighted by molar-refractivity contribution is 9.10. The van der Waals surface area contributed by atoms with Gasteiger partial charge in [0.1, 0.15) is 5.75 Å². The Balaban J connectivity index is 1.30. The van der Waals surface area contributed by atoms with E-state index in [1.807, 2.05) is 12.1 Å². The molecule has 5 nitrogen and oxygen atoms in total. The van der Waals surface area contributed by atoms with E-state index in [0.29, 0.717) is 35.5 Å². The number of halogens is 1. The molecule has 0 amide bonds. The van der Waals surface area contributed by atoms with E-state index in [1.54, 1.807) is 7.11 Å². The van der Waals surface area contributed by atoms with Crippen molar-refractivity contribution in [2.24, 2.45) is 67.7 Å². The van der Waals surface area contributed by atoms with Crippen LogP contribution < -0.4 is 10.2 Å². The van der Waals surface area contributed by atoms with Crippen molar-refractivity contribution in [2.45, 2.75) is 113 Å². The Morgan fingerprint density at radius 1 is 0.953 bits per heavy atom. The molecule has 6 heteroatoms. The lowest BCUT2D eigenvalue weighted by Gasteiger charge is -2.72. The van der Waals surface area contributed by atoms with E-state index in [9.17, 15) is 9.90 Å². The van der Waals surface area contributed by atoms with Gasteiger partial charge >= 0.3 is 5.97 Å². The van der Waals surface area contributed by atoms with Crippen LogP contribution in [0.2, 0.25) is 0 Å². The highest BCUT2D eigenvalue weighted by atomic mass is 79.9. The van der Waals surface area contributed by atoms with E-state index in [1.165, 1.54) is 37.8 Å². The summed E-state index contributed by atoms with van der Waals surface area (Å²) in [5.41, 5.74) is 5.82. The van der Waals surface area contributed by atoms with Gasteiger partial charge in [-0.15, -0.1) is 0 Å². The predicted octanol–water partition coefficient (Wildman–Crippen LogP) is 10.0. The van der Waals surface area contributed by atoms with Crippen molar-refractivity contribution in [1.82, 2.24) is 0 Å². The summed E-state index contributed by atoms with van der Waals surface area (Å²) in [6.45, 7) is 17.5. The third-order valence-electron chi connectivity index (χ3n) is 15.0. The van der Waals surface area contributed by atoms with E-state index in [2.05, 4.69) is 75.9 Å². The number of carbonyl (C=O) groups is 1. The number of methoxy groups -OCH3 is 1. The van der Waals surface area contributed by atoms with Gasteiger partial charge in [0.15, 0.2) is 0 Å². The van der Waals surface area contributed by atoms with Gasteiger partial charge in [0.2, 0.25) is 0 Å². The molecular formula is C37H55BrN2O3.